The summed E-state index contributed by atoms with van der Waals surface area (Å²) < 4.78 is 4.62. The van der Waals surface area contributed by atoms with Crippen LogP contribution < -0.4 is 5.32 Å². The quantitative estimate of drug-likeness (QED) is 0.701. The molecule has 0 aliphatic carbocycles. The maximum atomic E-state index is 12.8. The molecule has 1 unspecified atom stereocenters. The summed E-state index contributed by atoms with van der Waals surface area (Å²) in [4.78, 5) is 26.0. The standard InChI is InChI=1S/C16H30N2O3/c1-7-9-11-18(13(5)10-8-2)15(19)14(12(3)4)17-16(20)21-6/h7,9,12-14H,8,10-11H2,1-6H3,(H,17,20)/b9-7-/t13-,14?/m1/s1. The van der Waals surface area contributed by atoms with Crippen molar-refractivity contribution in [3.63, 3.8) is 0 Å². The lowest BCUT2D eigenvalue weighted by Gasteiger charge is -2.33. The van der Waals surface area contributed by atoms with Crippen LogP contribution >= 0.6 is 0 Å². The number of nitrogens with zero attached hydrogens (tertiary/aromatic N) is 1. The summed E-state index contributed by atoms with van der Waals surface area (Å²) in [6, 6.07) is -0.429. The minimum Gasteiger partial charge on any atom is -0.453 e. The van der Waals surface area contributed by atoms with Gasteiger partial charge in [-0.1, -0.05) is 39.3 Å². The molecule has 0 rings (SSSR count). The van der Waals surface area contributed by atoms with Crippen LogP contribution in [0.1, 0.15) is 47.5 Å². The average molecular weight is 298 g/mol. The second-order valence-corrected chi connectivity index (χ2v) is 5.55. The van der Waals surface area contributed by atoms with Gasteiger partial charge in [0.2, 0.25) is 5.91 Å². The number of alkyl carbamates (subject to hydrolysis) is 1. The number of carbonyl (C=O) groups is 2. The second kappa shape index (κ2) is 10.2. The van der Waals surface area contributed by atoms with Gasteiger partial charge in [0.15, 0.2) is 0 Å². The van der Waals surface area contributed by atoms with E-state index < -0.39 is 12.1 Å². The number of carbonyl (C=O) groups excluding carboxylic acids is 2. The van der Waals surface area contributed by atoms with Gasteiger partial charge in [0.25, 0.3) is 0 Å². The molecule has 2 atom stereocenters. The van der Waals surface area contributed by atoms with Gasteiger partial charge in [-0.2, -0.15) is 0 Å². The van der Waals surface area contributed by atoms with Gasteiger partial charge >= 0.3 is 6.09 Å². The molecule has 0 bridgehead atoms. The Morgan fingerprint density at radius 1 is 1.29 bits per heavy atom. The molecule has 5 nitrogen and oxygen atoms in total. The first-order chi connectivity index (χ1) is 9.88. The van der Waals surface area contributed by atoms with E-state index in [0.29, 0.717) is 6.54 Å². The summed E-state index contributed by atoms with van der Waals surface area (Å²) in [6.07, 6.45) is 5.26. The SMILES string of the molecule is C/C=C\CN(C(=O)C(NC(=O)OC)C(C)C)[C@H](C)CCC. The molecule has 0 heterocycles. The maximum absolute atomic E-state index is 12.8. The monoisotopic (exact) mass is 298 g/mol. The Morgan fingerprint density at radius 2 is 1.90 bits per heavy atom. The zero-order chi connectivity index (χ0) is 16.4. The molecule has 122 valence electrons. The van der Waals surface area contributed by atoms with Gasteiger partial charge in [0.1, 0.15) is 6.04 Å². The van der Waals surface area contributed by atoms with E-state index in [4.69, 9.17) is 0 Å². The maximum Gasteiger partial charge on any atom is 0.407 e. The third kappa shape index (κ3) is 6.65. The number of rotatable bonds is 8. The Labute approximate surface area is 128 Å². The molecule has 0 saturated heterocycles. The first-order valence-corrected chi connectivity index (χ1v) is 7.65. The molecule has 0 aromatic rings. The topological polar surface area (TPSA) is 58.6 Å². The van der Waals surface area contributed by atoms with Crippen molar-refractivity contribution >= 4 is 12.0 Å². The van der Waals surface area contributed by atoms with Crippen LogP contribution in [0.4, 0.5) is 4.79 Å². The fourth-order valence-corrected chi connectivity index (χ4v) is 2.16. The number of amides is 2. The number of hydrogen-bond acceptors (Lipinski definition) is 3. The van der Waals surface area contributed by atoms with Crippen LogP contribution in [0.5, 0.6) is 0 Å². The molecule has 0 aromatic carbocycles. The minimum atomic E-state index is -0.573. The van der Waals surface area contributed by atoms with Gasteiger partial charge in [-0.15, -0.1) is 0 Å². The van der Waals surface area contributed by atoms with Crippen molar-refractivity contribution in [1.29, 1.82) is 0 Å². The van der Waals surface area contributed by atoms with Crippen LogP contribution in [-0.2, 0) is 9.53 Å². The zero-order valence-corrected chi connectivity index (χ0v) is 14.2. The Morgan fingerprint density at radius 3 is 2.33 bits per heavy atom. The van der Waals surface area contributed by atoms with Crippen molar-refractivity contribution in [2.24, 2.45) is 5.92 Å². The number of ether oxygens (including phenoxy) is 1. The first kappa shape index (κ1) is 19.5. The van der Waals surface area contributed by atoms with Crippen molar-refractivity contribution in [2.45, 2.75) is 59.5 Å². The number of allylic oxidation sites excluding steroid dienone is 1. The Bertz CT molecular complexity index is 353. The average Bonchev–Trinajstić information content (AvgIpc) is 2.44. The lowest BCUT2D eigenvalue weighted by atomic mass is 10.0. The molecule has 0 radical (unpaired) electrons. The predicted molar refractivity (Wildman–Crippen MR) is 85.1 cm³/mol. The molecular weight excluding hydrogens is 268 g/mol. The van der Waals surface area contributed by atoms with Crippen LogP contribution in [0.25, 0.3) is 0 Å². The van der Waals surface area contributed by atoms with Crippen LogP contribution in [0.15, 0.2) is 12.2 Å². The van der Waals surface area contributed by atoms with E-state index in [1.54, 1.807) is 0 Å². The van der Waals surface area contributed by atoms with E-state index in [2.05, 4.69) is 17.0 Å². The lowest BCUT2D eigenvalue weighted by molar-refractivity contribution is -0.136. The molecule has 1 N–H and O–H groups in total. The molecule has 0 aliphatic rings. The highest BCUT2D eigenvalue weighted by Crippen LogP contribution is 2.13. The fraction of sp³-hybridized carbons (Fsp3) is 0.750. The molecule has 0 aromatic heterocycles. The fourth-order valence-electron chi connectivity index (χ4n) is 2.16. The van der Waals surface area contributed by atoms with Crippen molar-refractivity contribution < 1.29 is 14.3 Å². The third-order valence-corrected chi connectivity index (χ3v) is 3.45. The van der Waals surface area contributed by atoms with Crippen molar-refractivity contribution in [3.05, 3.63) is 12.2 Å². The predicted octanol–water partition coefficient (Wildman–Crippen LogP) is 2.96. The van der Waals surface area contributed by atoms with Crippen molar-refractivity contribution in [1.82, 2.24) is 10.2 Å². The van der Waals surface area contributed by atoms with Crippen molar-refractivity contribution in [2.75, 3.05) is 13.7 Å². The van der Waals surface area contributed by atoms with Gasteiger partial charge in [-0.05, 0) is 26.2 Å². The molecular formula is C16H30N2O3. The van der Waals surface area contributed by atoms with E-state index in [-0.39, 0.29) is 17.9 Å². The van der Waals surface area contributed by atoms with Gasteiger partial charge < -0.3 is 15.0 Å². The molecule has 0 saturated carbocycles. The molecule has 21 heavy (non-hydrogen) atoms. The largest absolute Gasteiger partial charge is 0.453 e. The summed E-state index contributed by atoms with van der Waals surface area (Å²) in [7, 11) is 1.30. The zero-order valence-electron chi connectivity index (χ0n) is 14.2. The van der Waals surface area contributed by atoms with Crippen LogP contribution in [0.3, 0.4) is 0 Å². The highest BCUT2D eigenvalue weighted by molar-refractivity contribution is 5.86. The van der Waals surface area contributed by atoms with Gasteiger partial charge in [-0.3, -0.25) is 4.79 Å². The van der Waals surface area contributed by atoms with E-state index >= 15 is 0 Å². The van der Waals surface area contributed by atoms with E-state index in [9.17, 15) is 9.59 Å². The first-order valence-electron chi connectivity index (χ1n) is 7.65. The molecule has 0 fully saturated rings. The summed E-state index contributed by atoms with van der Waals surface area (Å²) in [5.74, 6) is -0.0621. The van der Waals surface area contributed by atoms with E-state index in [0.717, 1.165) is 12.8 Å². The van der Waals surface area contributed by atoms with Gasteiger partial charge in [-0.25, -0.2) is 4.79 Å². The third-order valence-electron chi connectivity index (χ3n) is 3.45. The van der Waals surface area contributed by atoms with Gasteiger partial charge in [0.05, 0.1) is 7.11 Å². The molecule has 0 aliphatic heterocycles. The van der Waals surface area contributed by atoms with E-state index in [1.807, 2.05) is 44.7 Å². The Balaban J connectivity index is 5.13. The summed E-state index contributed by atoms with van der Waals surface area (Å²) in [6.45, 7) is 10.5. The van der Waals surface area contributed by atoms with Gasteiger partial charge in [0, 0.05) is 12.6 Å². The van der Waals surface area contributed by atoms with Crippen molar-refractivity contribution in [3.8, 4) is 0 Å². The Kier molecular flexibility index (Phi) is 9.50. The minimum absolute atomic E-state index is 0.00136. The smallest absolute Gasteiger partial charge is 0.407 e. The number of methoxy groups -OCH3 is 1. The highest BCUT2D eigenvalue weighted by Gasteiger charge is 2.30. The summed E-state index contributed by atoms with van der Waals surface area (Å²) in [5, 5.41) is 2.64. The molecule has 0 spiro atoms. The summed E-state index contributed by atoms with van der Waals surface area (Å²) >= 11 is 0. The Hall–Kier alpha value is -1.52. The lowest BCUT2D eigenvalue weighted by Crippen LogP contribution is -2.53. The van der Waals surface area contributed by atoms with Crippen LogP contribution in [0, 0.1) is 5.92 Å². The normalized spacial score (nSPS) is 14.0. The number of nitrogens with one attached hydrogen (secondary N) is 1. The van der Waals surface area contributed by atoms with E-state index in [1.165, 1.54) is 7.11 Å². The van der Waals surface area contributed by atoms with Crippen LogP contribution in [-0.4, -0.2) is 42.6 Å². The van der Waals surface area contributed by atoms with Crippen LogP contribution in [0.2, 0.25) is 0 Å². The second-order valence-electron chi connectivity index (χ2n) is 5.55. The molecule has 5 heteroatoms. The summed E-state index contributed by atoms with van der Waals surface area (Å²) in [5.41, 5.74) is 0. The molecule has 2 amide bonds. The number of hydrogen-bond donors (Lipinski definition) is 1. The highest BCUT2D eigenvalue weighted by atomic mass is 16.5.